The average molecular weight is 319 g/mol. The number of anilines is 1. The zero-order chi connectivity index (χ0) is 12.6. The maximum atomic E-state index is 12.1. The highest BCUT2D eigenvalue weighted by molar-refractivity contribution is 9.10. The van der Waals surface area contributed by atoms with Gasteiger partial charge in [0.2, 0.25) is 0 Å². The largest absolute Gasteiger partial charge is 0.467 e. The minimum absolute atomic E-state index is 0.203. The van der Waals surface area contributed by atoms with E-state index < -0.39 is 12.0 Å². The molecule has 1 aromatic rings. The maximum absolute atomic E-state index is 12.1. The van der Waals surface area contributed by atoms with Crippen LogP contribution in [-0.2, 0) is 9.53 Å². The van der Waals surface area contributed by atoms with Gasteiger partial charge in [0.15, 0.2) is 0 Å². The normalized spacial score (nSPS) is 17.7. The molecule has 1 aliphatic heterocycles. The van der Waals surface area contributed by atoms with Crippen molar-refractivity contribution in [1.29, 1.82) is 0 Å². The summed E-state index contributed by atoms with van der Waals surface area (Å²) in [7, 11) is 3.00. The second-order valence-electron chi connectivity index (χ2n) is 3.49. The number of nitrogens with one attached hydrogen (secondary N) is 1. The van der Waals surface area contributed by atoms with Crippen LogP contribution < -0.4 is 10.9 Å². The number of nitrogens with zero attached hydrogens (tertiary/aromatic N) is 1. The second kappa shape index (κ2) is 4.73. The van der Waals surface area contributed by atoms with Crippen LogP contribution in [0.15, 0.2) is 20.4 Å². The lowest BCUT2D eigenvalue weighted by Gasteiger charge is -2.13. The molecule has 0 aliphatic carbocycles. The molecule has 0 aromatic carbocycles. The van der Waals surface area contributed by atoms with Gasteiger partial charge in [0.25, 0.3) is 5.56 Å². The molecule has 92 valence electrons. The summed E-state index contributed by atoms with van der Waals surface area (Å²) in [6.07, 6.45) is 0. The van der Waals surface area contributed by atoms with Crippen LogP contribution in [0.3, 0.4) is 0 Å². The third-order valence-corrected chi connectivity index (χ3v) is 4.61. The zero-order valence-electron chi connectivity index (χ0n) is 9.32. The number of rotatable bonds is 2. The van der Waals surface area contributed by atoms with Crippen LogP contribution in [0.5, 0.6) is 0 Å². The lowest BCUT2D eigenvalue weighted by Crippen LogP contribution is -2.30. The number of thioether (sulfide) groups is 1. The van der Waals surface area contributed by atoms with Crippen LogP contribution in [-0.4, -0.2) is 30.4 Å². The Kier molecular flexibility index (Phi) is 3.48. The van der Waals surface area contributed by atoms with Gasteiger partial charge in [-0.25, -0.2) is 4.79 Å². The molecule has 2 heterocycles. The van der Waals surface area contributed by atoms with Gasteiger partial charge in [-0.2, -0.15) is 0 Å². The number of fused-ring (bicyclic) bond motifs is 1. The number of hydrogen-bond donors (Lipinski definition) is 1. The number of carbonyl (C=O) groups is 1. The van der Waals surface area contributed by atoms with Gasteiger partial charge in [0.1, 0.15) is 11.7 Å². The molecule has 0 saturated carbocycles. The van der Waals surface area contributed by atoms with Crippen molar-refractivity contribution < 1.29 is 9.53 Å². The minimum Gasteiger partial charge on any atom is -0.467 e. The molecule has 0 bridgehead atoms. The Balaban J connectivity index is 2.61. The van der Waals surface area contributed by atoms with Crippen LogP contribution in [0, 0.1) is 0 Å². The first-order valence-electron chi connectivity index (χ1n) is 4.93. The van der Waals surface area contributed by atoms with E-state index in [1.54, 1.807) is 13.1 Å². The van der Waals surface area contributed by atoms with Crippen LogP contribution in [0.4, 0.5) is 5.69 Å². The predicted molar refractivity (Wildman–Crippen MR) is 69.7 cm³/mol. The number of methoxy groups -OCH3 is 1. The molecule has 0 amide bonds. The molecule has 0 unspecified atom stereocenters. The Hall–Kier alpha value is -0.950. The maximum Gasteiger partial charge on any atom is 0.329 e. The van der Waals surface area contributed by atoms with Gasteiger partial charge < -0.3 is 10.1 Å². The Morgan fingerprint density at radius 2 is 2.41 bits per heavy atom. The summed E-state index contributed by atoms with van der Waals surface area (Å²) in [5, 5.41) is 3.59. The van der Waals surface area contributed by atoms with Gasteiger partial charge in [-0.15, -0.1) is 11.8 Å². The first-order chi connectivity index (χ1) is 8.10. The third kappa shape index (κ3) is 1.97. The predicted octanol–water partition coefficient (Wildman–Crippen LogP) is 1.47. The summed E-state index contributed by atoms with van der Waals surface area (Å²) in [4.78, 5) is 23.7. The molecule has 1 aromatic heterocycles. The van der Waals surface area contributed by atoms with E-state index in [1.807, 2.05) is 0 Å². The van der Waals surface area contributed by atoms with Crippen molar-refractivity contribution in [1.82, 2.24) is 4.57 Å². The van der Waals surface area contributed by atoms with E-state index in [-0.39, 0.29) is 5.56 Å². The van der Waals surface area contributed by atoms with Crippen molar-refractivity contribution in [3.63, 3.8) is 0 Å². The zero-order valence-corrected chi connectivity index (χ0v) is 11.7. The smallest absolute Gasteiger partial charge is 0.329 e. The number of aromatic nitrogens is 1. The van der Waals surface area contributed by atoms with Gasteiger partial charge >= 0.3 is 5.97 Å². The molecule has 2 rings (SSSR count). The summed E-state index contributed by atoms with van der Waals surface area (Å²) in [6.45, 7) is 0. The lowest BCUT2D eigenvalue weighted by molar-refractivity contribution is -0.143. The van der Waals surface area contributed by atoms with Gasteiger partial charge in [-0.1, -0.05) is 0 Å². The summed E-state index contributed by atoms with van der Waals surface area (Å²) in [5.74, 6) is 0.131. The monoisotopic (exact) mass is 318 g/mol. The highest BCUT2D eigenvalue weighted by Gasteiger charge is 2.33. The van der Waals surface area contributed by atoms with Crippen molar-refractivity contribution in [3.05, 3.63) is 20.9 Å². The van der Waals surface area contributed by atoms with Crippen LogP contribution in [0.2, 0.25) is 0 Å². The highest BCUT2D eigenvalue weighted by Crippen LogP contribution is 2.38. The van der Waals surface area contributed by atoms with Gasteiger partial charge in [0.05, 0.1) is 16.6 Å². The van der Waals surface area contributed by atoms with Crippen LogP contribution >= 0.6 is 27.7 Å². The van der Waals surface area contributed by atoms with E-state index in [2.05, 4.69) is 21.2 Å². The molecule has 1 aliphatic rings. The lowest BCUT2D eigenvalue weighted by atomic mass is 10.3. The average Bonchev–Trinajstić information content (AvgIpc) is 2.78. The van der Waals surface area contributed by atoms with E-state index in [9.17, 15) is 9.59 Å². The number of halogens is 1. The Morgan fingerprint density at radius 1 is 1.71 bits per heavy atom. The summed E-state index contributed by atoms with van der Waals surface area (Å²) in [6, 6.07) is 1.18. The third-order valence-electron chi connectivity index (χ3n) is 2.58. The Morgan fingerprint density at radius 3 is 3.00 bits per heavy atom. The van der Waals surface area contributed by atoms with Crippen molar-refractivity contribution in [2.24, 2.45) is 0 Å². The van der Waals surface area contributed by atoms with Gasteiger partial charge in [0, 0.05) is 12.8 Å². The highest BCUT2D eigenvalue weighted by atomic mass is 79.9. The second-order valence-corrected chi connectivity index (χ2v) is 5.35. The topological polar surface area (TPSA) is 60.3 Å². The van der Waals surface area contributed by atoms with Gasteiger partial charge in [-0.3, -0.25) is 9.36 Å². The van der Waals surface area contributed by atoms with Gasteiger partial charge in [-0.05, 0) is 22.0 Å². The molecule has 0 spiro atoms. The van der Waals surface area contributed by atoms with E-state index in [1.165, 1.54) is 23.4 Å². The summed E-state index contributed by atoms with van der Waals surface area (Å²) >= 11 is 4.87. The number of esters is 1. The fraction of sp³-hybridized carbons (Fsp3) is 0.400. The van der Waals surface area contributed by atoms with Crippen LogP contribution in [0.25, 0.3) is 0 Å². The van der Waals surface area contributed by atoms with E-state index in [4.69, 9.17) is 4.74 Å². The molecular weight excluding hydrogens is 308 g/mol. The Bertz CT molecular complexity index is 529. The number of carbonyl (C=O) groups excluding carboxylic acids is 1. The summed E-state index contributed by atoms with van der Waals surface area (Å²) < 4.78 is 6.99. The van der Waals surface area contributed by atoms with E-state index in [0.29, 0.717) is 11.4 Å². The van der Waals surface area contributed by atoms with Crippen LogP contribution in [0.1, 0.15) is 6.04 Å². The first-order valence-corrected chi connectivity index (χ1v) is 6.71. The molecular formula is C10H11BrN2O3S. The molecule has 17 heavy (non-hydrogen) atoms. The molecule has 0 saturated heterocycles. The van der Waals surface area contributed by atoms with Crippen molar-refractivity contribution in [2.75, 3.05) is 25.2 Å². The first kappa shape index (κ1) is 12.5. The molecule has 5 nitrogen and oxygen atoms in total. The molecule has 0 radical (unpaired) electrons. The molecule has 1 N–H and O–H groups in total. The number of pyridine rings is 1. The fourth-order valence-electron chi connectivity index (χ4n) is 1.73. The molecule has 7 heteroatoms. The molecule has 0 fully saturated rings. The minimum atomic E-state index is -0.544. The van der Waals surface area contributed by atoms with Crippen molar-refractivity contribution >= 4 is 39.3 Å². The fourth-order valence-corrected chi connectivity index (χ4v) is 3.64. The summed E-state index contributed by atoms with van der Waals surface area (Å²) in [5.41, 5.74) is 0.253. The van der Waals surface area contributed by atoms with Crippen molar-refractivity contribution in [2.45, 2.75) is 11.1 Å². The van der Waals surface area contributed by atoms with E-state index in [0.717, 1.165) is 9.50 Å². The van der Waals surface area contributed by atoms with E-state index >= 15 is 0 Å². The SMILES string of the molecule is CNc1cc(Br)c2n(c1=O)[C@H](C(=O)OC)CS2. The van der Waals surface area contributed by atoms with Crippen molar-refractivity contribution in [3.8, 4) is 0 Å². The standard InChI is InChI=1S/C10H11BrN2O3S/c1-12-6-3-5(11)9-13(8(6)14)7(4-17-9)10(15)16-2/h3,7,12H,4H2,1-2H3/t7-/m0/s1. The number of ether oxygens (including phenoxy) is 1. The number of hydrogen-bond acceptors (Lipinski definition) is 5. The quantitative estimate of drug-likeness (QED) is 0.837. The Labute approximate surface area is 111 Å². The molecule has 1 atom stereocenters.